The van der Waals surface area contributed by atoms with Crippen LogP contribution in [0.3, 0.4) is 0 Å². The molecule has 0 saturated carbocycles. The van der Waals surface area contributed by atoms with Crippen LogP contribution in [0.25, 0.3) is 0 Å². The van der Waals surface area contributed by atoms with E-state index in [0.717, 1.165) is 12.8 Å². The summed E-state index contributed by atoms with van der Waals surface area (Å²) in [6, 6.07) is 5.00. The first kappa shape index (κ1) is 13.4. The molecule has 2 unspecified atom stereocenters. The number of anilines is 1. The molecule has 0 spiro atoms. The molecule has 1 saturated heterocycles. The molecule has 1 heterocycles. The lowest BCUT2D eigenvalue weighted by Crippen LogP contribution is -2.22. The molecule has 100 valence electrons. The van der Waals surface area contributed by atoms with Gasteiger partial charge in [0.05, 0.1) is 22.9 Å². The van der Waals surface area contributed by atoms with E-state index in [-0.39, 0.29) is 18.0 Å². The van der Waals surface area contributed by atoms with E-state index in [9.17, 15) is 8.42 Å². The van der Waals surface area contributed by atoms with E-state index in [1.54, 1.807) is 25.1 Å². The number of rotatable bonds is 3. The zero-order chi connectivity index (χ0) is 13.3. The Morgan fingerprint density at radius 2 is 2.11 bits per heavy atom. The van der Waals surface area contributed by atoms with Crippen molar-refractivity contribution in [3.63, 3.8) is 0 Å². The average molecular weight is 269 g/mol. The third-order valence-corrected chi connectivity index (χ3v) is 5.31. The van der Waals surface area contributed by atoms with Gasteiger partial charge in [-0.2, -0.15) is 0 Å². The first-order valence-electron chi connectivity index (χ1n) is 6.13. The minimum Gasteiger partial charge on any atom is -0.398 e. The summed E-state index contributed by atoms with van der Waals surface area (Å²) in [5.74, 6) is 0.0433. The van der Waals surface area contributed by atoms with Gasteiger partial charge in [0.25, 0.3) is 0 Å². The predicted octanol–water partition coefficient (Wildman–Crippen LogP) is 1.92. The Kier molecular flexibility index (Phi) is 3.64. The molecule has 0 aliphatic carbocycles. The van der Waals surface area contributed by atoms with Gasteiger partial charge >= 0.3 is 0 Å². The molecule has 1 fully saturated rings. The van der Waals surface area contributed by atoms with E-state index in [0.29, 0.717) is 16.1 Å². The summed E-state index contributed by atoms with van der Waals surface area (Å²) in [7, 11) is -3.33. The minimum atomic E-state index is -3.33. The third kappa shape index (κ3) is 2.67. The van der Waals surface area contributed by atoms with Crippen LogP contribution in [0.15, 0.2) is 23.1 Å². The Morgan fingerprint density at radius 1 is 1.39 bits per heavy atom. The second-order valence-electron chi connectivity index (χ2n) is 4.90. The fourth-order valence-corrected chi connectivity index (χ4v) is 4.10. The van der Waals surface area contributed by atoms with E-state index >= 15 is 0 Å². The second-order valence-corrected chi connectivity index (χ2v) is 6.90. The summed E-state index contributed by atoms with van der Waals surface area (Å²) in [5.41, 5.74) is 6.89. The quantitative estimate of drug-likeness (QED) is 0.851. The first-order valence-corrected chi connectivity index (χ1v) is 7.78. The van der Waals surface area contributed by atoms with E-state index in [1.165, 1.54) is 0 Å². The fourth-order valence-electron chi connectivity index (χ4n) is 2.31. The molecule has 18 heavy (non-hydrogen) atoms. The third-order valence-electron chi connectivity index (χ3n) is 3.39. The van der Waals surface area contributed by atoms with Gasteiger partial charge in [-0.1, -0.05) is 6.07 Å². The highest BCUT2D eigenvalue weighted by atomic mass is 32.2. The standard InChI is InChI=1S/C13H19NO3S/c1-9-6-7-11(17-9)8-18(15,16)13-5-3-4-12(14)10(13)2/h3-5,9,11H,6-8,14H2,1-2H3. The molecule has 0 bridgehead atoms. The Hall–Kier alpha value is -1.07. The van der Waals surface area contributed by atoms with Crippen LogP contribution in [0.1, 0.15) is 25.3 Å². The lowest BCUT2D eigenvalue weighted by atomic mass is 10.2. The molecular weight excluding hydrogens is 250 g/mol. The van der Waals surface area contributed by atoms with Crippen molar-refractivity contribution in [1.82, 2.24) is 0 Å². The Labute approximate surface area is 108 Å². The van der Waals surface area contributed by atoms with Gasteiger partial charge in [0.2, 0.25) is 0 Å². The van der Waals surface area contributed by atoms with Gasteiger partial charge in [-0.05, 0) is 44.4 Å². The molecule has 2 atom stereocenters. The van der Waals surface area contributed by atoms with Gasteiger partial charge in [0.1, 0.15) is 0 Å². The second kappa shape index (κ2) is 4.90. The Bertz CT molecular complexity index is 539. The number of ether oxygens (including phenoxy) is 1. The molecule has 1 aliphatic heterocycles. The zero-order valence-electron chi connectivity index (χ0n) is 10.7. The van der Waals surface area contributed by atoms with E-state index < -0.39 is 9.84 Å². The lowest BCUT2D eigenvalue weighted by molar-refractivity contribution is 0.0690. The normalized spacial score (nSPS) is 24.3. The Morgan fingerprint density at radius 3 is 2.72 bits per heavy atom. The van der Waals surface area contributed by atoms with Crippen LogP contribution < -0.4 is 5.73 Å². The molecule has 0 amide bonds. The van der Waals surface area contributed by atoms with Crippen molar-refractivity contribution in [3.8, 4) is 0 Å². The highest BCUT2D eigenvalue weighted by molar-refractivity contribution is 7.91. The number of nitrogen functional groups attached to an aromatic ring is 1. The predicted molar refractivity (Wildman–Crippen MR) is 71.2 cm³/mol. The Balaban J connectivity index is 2.23. The SMILES string of the molecule is Cc1c(N)cccc1S(=O)(=O)CC1CCC(C)O1. The molecule has 1 aliphatic rings. The highest BCUT2D eigenvalue weighted by Crippen LogP contribution is 2.26. The van der Waals surface area contributed by atoms with Crippen molar-refractivity contribution in [2.75, 3.05) is 11.5 Å². The van der Waals surface area contributed by atoms with Crippen molar-refractivity contribution in [3.05, 3.63) is 23.8 Å². The van der Waals surface area contributed by atoms with E-state index in [4.69, 9.17) is 10.5 Å². The molecule has 2 rings (SSSR count). The first-order chi connectivity index (χ1) is 8.40. The molecule has 5 heteroatoms. The van der Waals surface area contributed by atoms with Crippen molar-refractivity contribution in [2.45, 2.75) is 43.8 Å². The van der Waals surface area contributed by atoms with Gasteiger partial charge in [-0.15, -0.1) is 0 Å². The van der Waals surface area contributed by atoms with Crippen LogP contribution in [0.2, 0.25) is 0 Å². The summed E-state index contributed by atoms with van der Waals surface area (Å²) < 4.78 is 30.2. The number of nitrogens with two attached hydrogens (primary N) is 1. The maximum Gasteiger partial charge on any atom is 0.181 e. The molecule has 2 N–H and O–H groups in total. The van der Waals surface area contributed by atoms with Gasteiger partial charge in [-0.25, -0.2) is 8.42 Å². The lowest BCUT2D eigenvalue weighted by Gasteiger charge is -2.14. The van der Waals surface area contributed by atoms with E-state index in [1.807, 2.05) is 6.92 Å². The molecular formula is C13H19NO3S. The van der Waals surface area contributed by atoms with Crippen LogP contribution >= 0.6 is 0 Å². The summed E-state index contributed by atoms with van der Waals surface area (Å²) in [6.07, 6.45) is 1.70. The van der Waals surface area contributed by atoms with Crippen LogP contribution in [0.5, 0.6) is 0 Å². The maximum atomic E-state index is 12.3. The van der Waals surface area contributed by atoms with Crippen molar-refractivity contribution in [2.24, 2.45) is 0 Å². The number of sulfone groups is 1. The molecule has 1 aromatic rings. The van der Waals surface area contributed by atoms with Gasteiger partial charge < -0.3 is 10.5 Å². The van der Waals surface area contributed by atoms with Crippen molar-refractivity contribution < 1.29 is 13.2 Å². The molecule has 4 nitrogen and oxygen atoms in total. The monoisotopic (exact) mass is 269 g/mol. The number of benzene rings is 1. The molecule has 1 aromatic carbocycles. The highest BCUT2D eigenvalue weighted by Gasteiger charge is 2.29. The van der Waals surface area contributed by atoms with Crippen molar-refractivity contribution in [1.29, 1.82) is 0 Å². The van der Waals surface area contributed by atoms with E-state index in [2.05, 4.69) is 0 Å². The van der Waals surface area contributed by atoms with Gasteiger partial charge in [0.15, 0.2) is 9.84 Å². The van der Waals surface area contributed by atoms with Crippen LogP contribution in [0.4, 0.5) is 5.69 Å². The van der Waals surface area contributed by atoms with Crippen LogP contribution in [-0.2, 0) is 14.6 Å². The smallest absolute Gasteiger partial charge is 0.181 e. The molecule has 0 radical (unpaired) electrons. The number of hydrogen-bond donors (Lipinski definition) is 1. The number of hydrogen-bond acceptors (Lipinski definition) is 4. The van der Waals surface area contributed by atoms with Gasteiger partial charge in [-0.3, -0.25) is 0 Å². The summed E-state index contributed by atoms with van der Waals surface area (Å²) in [5, 5.41) is 0. The summed E-state index contributed by atoms with van der Waals surface area (Å²) >= 11 is 0. The maximum absolute atomic E-state index is 12.3. The van der Waals surface area contributed by atoms with Crippen LogP contribution in [0, 0.1) is 6.92 Å². The van der Waals surface area contributed by atoms with Crippen LogP contribution in [-0.4, -0.2) is 26.4 Å². The average Bonchev–Trinajstić information content (AvgIpc) is 2.67. The minimum absolute atomic E-state index is 0.0433. The molecule has 0 aromatic heterocycles. The topological polar surface area (TPSA) is 69.4 Å². The van der Waals surface area contributed by atoms with Crippen molar-refractivity contribution >= 4 is 15.5 Å². The summed E-state index contributed by atoms with van der Waals surface area (Å²) in [6.45, 7) is 3.71. The fraction of sp³-hybridized carbons (Fsp3) is 0.538. The summed E-state index contributed by atoms with van der Waals surface area (Å²) in [4.78, 5) is 0.325. The largest absolute Gasteiger partial charge is 0.398 e. The zero-order valence-corrected chi connectivity index (χ0v) is 11.5. The van der Waals surface area contributed by atoms with Gasteiger partial charge in [0, 0.05) is 5.69 Å².